The second kappa shape index (κ2) is 4.51. The Labute approximate surface area is 92.8 Å². The SMILES string of the molecule is N#Cc1ccc(-c2cc(CO)ccn2)nc1. The lowest BCUT2D eigenvalue weighted by molar-refractivity contribution is 0.282. The van der Waals surface area contributed by atoms with Gasteiger partial charge < -0.3 is 5.11 Å². The summed E-state index contributed by atoms with van der Waals surface area (Å²) in [5.41, 5.74) is 2.68. The molecule has 0 aromatic carbocycles. The predicted octanol–water partition coefficient (Wildman–Crippen LogP) is 1.51. The first kappa shape index (κ1) is 10.3. The number of nitriles is 1. The van der Waals surface area contributed by atoms with E-state index in [0.717, 1.165) is 5.56 Å². The van der Waals surface area contributed by atoms with Gasteiger partial charge >= 0.3 is 0 Å². The topological polar surface area (TPSA) is 69.8 Å². The van der Waals surface area contributed by atoms with Crippen molar-refractivity contribution < 1.29 is 5.11 Å². The van der Waals surface area contributed by atoms with Crippen LogP contribution in [0.15, 0.2) is 36.7 Å². The molecular formula is C12H9N3O. The fourth-order valence-corrected chi connectivity index (χ4v) is 1.32. The third-order valence-corrected chi connectivity index (χ3v) is 2.16. The van der Waals surface area contributed by atoms with Crippen molar-refractivity contribution in [3.63, 3.8) is 0 Å². The molecule has 0 atom stereocenters. The van der Waals surface area contributed by atoms with Gasteiger partial charge in [-0.1, -0.05) is 0 Å². The van der Waals surface area contributed by atoms with E-state index >= 15 is 0 Å². The summed E-state index contributed by atoms with van der Waals surface area (Å²) in [6, 6.07) is 8.95. The van der Waals surface area contributed by atoms with Crippen molar-refractivity contribution in [2.45, 2.75) is 6.61 Å². The van der Waals surface area contributed by atoms with Crippen LogP contribution in [0.2, 0.25) is 0 Å². The molecule has 0 radical (unpaired) electrons. The van der Waals surface area contributed by atoms with Crippen molar-refractivity contribution in [3.8, 4) is 17.5 Å². The number of aromatic nitrogens is 2. The molecule has 16 heavy (non-hydrogen) atoms. The van der Waals surface area contributed by atoms with Crippen LogP contribution in [0.1, 0.15) is 11.1 Å². The second-order valence-corrected chi connectivity index (χ2v) is 3.25. The molecule has 1 N–H and O–H groups in total. The Kier molecular flexibility index (Phi) is 2.90. The molecule has 0 saturated carbocycles. The summed E-state index contributed by atoms with van der Waals surface area (Å²) in [6.07, 6.45) is 3.13. The molecule has 4 heteroatoms. The molecule has 0 saturated heterocycles. The number of hydrogen-bond acceptors (Lipinski definition) is 4. The first-order valence-electron chi connectivity index (χ1n) is 4.76. The zero-order valence-corrected chi connectivity index (χ0v) is 8.46. The molecule has 2 aromatic rings. The molecule has 0 bridgehead atoms. The Morgan fingerprint density at radius 3 is 2.69 bits per heavy atom. The lowest BCUT2D eigenvalue weighted by Crippen LogP contribution is -1.90. The zero-order chi connectivity index (χ0) is 11.4. The zero-order valence-electron chi connectivity index (χ0n) is 8.46. The van der Waals surface area contributed by atoms with Crippen LogP contribution in [0, 0.1) is 11.3 Å². The molecule has 0 unspecified atom stereocenters. The molecule has 0 aliphatic rings. The lowest BCUT2D eigenvalue weighted by Gasteiger charge is -2.01. The monoisotopic (exact) mass is 211 g/mol. The number of aliphatic hydroxyl groups excluding tert-OH is 1. The summed E-state index contributed by atoms with van der Waals surface area (Å²) in [5, 5.41) is 17.6. The van der Waals surface area contributed by atoms with Gasteiger partial charge in [0.25, 0.3) is 0 Å². The van der Waals surface area contributed by atoms with Gasteiger partial charge in [-0.25, -0.2) is 0 Å². The number of pyridine rings is 2. The van der Waals surface area contributed by atoms with Gasteiger partial charge in [-0.3, -0.25) is 9.97 Å². The van der Waals surface area contributed by atoms with E-state index in [4.69, 9.17) is 10.4 Å². The Hall–Kier alpha value is -2.25. The van der Waals surface area contributed by atoms with Crippen LogP contribution in [0.5, 0.6) is 0 Å². The van der Waals surface area contributed by atoms with E-state index < -0.39 is 0 Å². The molecule has 0 fully saturated rings. The largest absolute Gasteiger partial charge is 0.392 e. The van der Waals surface area contributed by atoms with Crippen molar-refractivity contribution in [3.05, 3.63) is 47.8 Å². The van der Waals surface area contributed by atoms with E-state index in [1.165, 1.54) is 6.20 Å². The summed E-state index contributed by atoms with van der Waals surface area (Å²) in [5.74, 6) is 0. The first-order chi connectivity index (χ1) is 7.83. The van der Waals surface area contributed by atoms with Gasteiger partial charge in [0, 0.05) is 12.4 Å². The van der Waals surface area contributed by atoms with Crippen LogP contribution < -0.4 is 0 Å². The summed E-state index contributed by atoms with van der Waals surface area (Å²) < 4.78 is 0. The van der Waals surface area contributed by atoms with E-state index in [-0.39, 0.29) is 6.61 Å². The molecule has 0 aliphatic heterocycles. The minimum atomic E-state index is -0.0220. The summed E-state index contributed by atoms with van der Waals surface area (Å²) in [4.78, 5) is 8.29. The van der Waals surface area contributed by atoms with Crippen LogP contribution in [-0.2, 0) is 6.61 Å². The van der Waals surface area contributed by atoms with Crippen LogP contribution >= 0.6 is 0 Å². The number of aliphatic hydroxyl groups is 1. The molecule has 0 spiro atoms. The summed E-state index contributed by atoms with van der Waals surface area (Å²) in [6.45, 7) is -0.0220. The van der Waals surface area contributed by atoms with E-state index in [1.807, 2.05) is 6.07 Å². The van der Waals surface area contributed by atoms with Gasteiger partial charge in [0.15, 0.2) is 0 Å². The van der Waals surface area contributed by atoms with Crippen molar-refractivity contribution in [1.29, 1.82) is 5.26 Å². The van der Waals surface area contributed by atoms with Crippen LogP contribution in [0.4, 0.5) is 0 Å². The quantitative estimate of drug-likeness (QED) is 0.817. The highest BCUT2D eigenvalue weighted by molar-refractivity contribution is 5.55. The van der Waals surface area contributed by atoms with E-state index in [9.17, 15) is 0 Å². The number of nitrogens with zero attached hydrogens (tertiary/aromatic N) is 3. The second-order valence-electron chi connectivity index (χ2n) is 3.25. The highest BCUT2D eigenvalue weighted by Gasteiger charge is 2.01. The molecule has 0 aliphatic carbocycles. The maximum absolute atomic E-state index is 9.00. The van der Waals surface area contributed by atoms with Crippen molar-refractivity contribution in [2.75, 3.05) is 0 Å². The van der Waals surface area contributed by atoms with Crippen LogP contribution in [0.3, 0.4) is 0 Å². The Morgan fingerprint density at radius 2 is 2.06 bits per heavy atom. The lowest BCUT2D eigenvalue weighted by atomic mass is 10.2. The number of hydrogen-bond donors (Lipinski definition) is 1. The van der Waals surface area contributed by atoms with Crippen LogP contribution in [-0.4, -0.2) is 15.1 Å². The van der Waals surface area contributed by atoms with Gasteiger partial charge in [0.1, 0.15) is 6.07 Å². The molecular weight excluding hydrogens is 202 g/mol. The van der Waals surface area contributed by atoms with Crippen molar-refractivity contribution in [2.24, 2.45) is 0 Å². The van der Waals surface area contributed by atoms with Gasteiger partial charge in [-0.05, 0) is 29.8 Å². The average Bonchev–Trinajstić information content (AvgIpc) is 2.39. The Bertz CT molecular complexity index is 529. The minimum Gasteiger partial charge on any atom is -0.392 e. The molecule has 78 valence electrons. The fourth-order valence-electron chi connectivity index (χ4n) is 1.32. The van der Waals surface area contributed by atoms with Crippen molar-refractivity contribution in [1.82, 2.24) is 9.97 Å². The minimum absolute atomic E-state index is 0.0220. The van der Waals surface area contributed by atoms with Crippen molar-refractivity contribution >= 4 is 0 Å². The van der Waals surface area contributed by atoms with E-state index in [2.05, 4.69) is 9.97 Å². The van der Waals surface area contributed by atoms with Gasteiger partial charge in [-0.15, -0.1) is 0 Å². The predicted molar refractivity (Wildman–Crippen MR) is 58.1 cm³/mol. The normalized spacial score (nSPS) is 9.75. The number of rotatable bonds is 2. The molecule has 4 nitrogen and oxygen atoms in total. The Morgan fingerprint density at radius 1 is 1.19 bits per heavy atom. The van der Waals surface area contributed by atoms with Gasteiger partial charge in [0.2, 0.25) is 0 Å². The third kappa shape index (κ3) is 2.05. The van der Waals surface area contributed by atoms with Gasteiger partial charge in [-0.2, -0.15) is 5.26 Å². The summed E-state index contributed by atoms with van der Waals surface area (Å²) >= 11 is 0. The molecule has 2 rings (SSSR count). The summed E-state index contributed by atoms with van der Waals surface area (Å²) in [7, 11) is 0. The molecule has 2 heterocycles. The fraction of sp³-hybridized carbons (Fsp3) is 0.0833. The third-order valence-electron chi connectivity index (χ3n) is 2.16. The van der Waals surface area contributed by atoms with Crippen LogP contribution in [0.25, 0.3) is 11.4 Å². The Balaban J connectivity index is 2.39. The average molecular weight is 211 g/mol. The van der Waals surface area contributed by atoms with E-state index in [0.29, 0.717) is 17.0 Å². The van der Waals surface area contributed by atoms with Gasteiger partial charge in [0.05, 0.1) is 23.6 Å². The van der Waals surface area contributed by atoms with E-state index in [1.54, 1.807) is 30.5 Å². The molecule has 2 aromatic heterocycles. The standard InChI is InChI=1S/C12H9N3O/c13-6-10-1-2-11(15-7-10)12-5-9(8-16)3-4-14-12/h1-5,7,16H,8H2. The first-order valence-corrected chi connectivity index (χ1v) is 4.76. The highest BCUT2D eigenvalue weighted by Crippen LogP contribution is 2.15. The maximum Gasteiger partial charge on any atom is 0.101 e. The molecule has 0 amide bonds. The maximum atomic E-state index is 9.00. The highest BCUT2D eigenvalue weighted by atomic mass is 16.3. The smallest absolute Gasteiger partial charge is 0.101 e.